The first-order valence-corrected chi connectivity index (χ1v) is 10.6. The fraction of sp³-hybridized carbons (Fsp3) is 0.611. The number of hydrogen-bond acceptors (Lipinski definition) is 4. The van der Waals surface area contributed by atoms with Crippen molar-refractivity contribution in [3.63, 3.8) is 0 Å². The highest BCUT2D eigenvalue weighted by Gasteiger charge is 2.51. The predicted molar refractivity (Wildman–Crippen MR) is 105 cm³/mol. The molecule has 4 saturated carbocycles. The van der Waals surface area contributed by atoms with Crippen molar-refractivity contribution in [3.05, 3.63) is 23.5 Å². The number of carbonyl (C=O) groups is 1. The van der Waals surface area contributed by atoms with Crippen LogP contribution in [0, 0.1) is 17.8 Å². The van der Waals surface area contributed by atoms with Crippen LogP contribution in [-0.2, 0) is 11.2 Å². The molecule has 4 fully saturated rings. The summed E-state index contributed by atoms with van der Waals surface area (Å²) in [5, 5.41) is 6.06. The number of hydrazine groups is 1. The van der Waals surface area contributed by atoms with Crippen LogP contribution in [-0.4, -0.2) is 25.9 Å². The number of rotatable bonds is 3. The SMILES string of the molecule is O=C(Cc1cn2ccsc2n1)NNC(=S)NC12CC3CC(CC(C3)C1)C2. The molecule has 0 aliphatic heterocycles. The van der Waals surface area contributed by atoms with E-state index in [1.54, 1.807) is 11.3 Å². The average molecular weight is 390 g/mol. The summed E-state index contributed by atoms with van der Waals surface area (Å²) < 4.78 is 1.93. The molecule has 6 nitrogen and oxygen atoms in total. The lowest BCUT2D eigenvalue weighted by Crippen LogP contribution is -2.62. The second-order valence-electron chi connectivity index (χ2n) is 8.33. The summed E-state index contributed by atoms with van der Waals surface area (Å²) in [5.74, 6) is 2.45. The molecule has 0 radical (unpaired) electrons. The van der Waals surface area contributed by atoms with Crippen LogP contribution < -0.4 is 16.2 Å². The molecule has 2 aromatic rings. The Morgan fingerprint density at radius 3 is 2.58 bits per heavy atom. The number of thiazole rings is 1. The Bertz CT molecular complexity index is 793. The lowest BCUT2D eigenvalue weighted by molar-refractivity contribution is -0.121. The minimum atomic E-state index is -0.134. The summed E-state index contributed by atoms with van der Waals surface area (Å²) in [6, 6.07) is 0. The van der Waals surface area contributed by atoms with E-state index in [0.29, 0.717) is 5.11 Å². The summed E-state index contributed by atoms with van der Waals surface area (Å²) in [6.07, 6.45) is 11.9. The average Bonchev–Trinajstić information content (AvgIpc) is 3.12. The van der Waals surface area contributed by atoms with Crippen LogP contribution in [0.4, 0.5) is 0 Å². The Kier molecular flexibility index (Phi) is 3.93. The number of nitrogens with one attached hydrogen (secondary N) is 3. The molecule has 0 spiro atoms. The van der Waals surface area contributed by atoms with Crippen molar-refractivity contribution in [2.24, 2.45) is 17.8 Å². The quantitative estimate of drug-likeness (QED) is 0.556. The highest BCUT2D eigenvalue weighted by atomic mass is 32.1. The summed E-state index contributed by atoms with van der Waals surface area (Å²) in [4.78, 5) is 17.5. The number of hydrogen-bond donors (Lipinski definition) is 3. The van der Waals surface area contributed by atoms with Gasteiger partial charge in [0.25, 0.3) is 0 Å². The van der Waals surface area contributed by atoms with Crippen molar-refractivity contribution < 1.29 is 4.79 Å². The van der Waals surface area contributed by atoms with Gasteiger partial charge in [0.2, 0.25) is 5.91 Å². The Hall–Kier alpha value is -1.67. The van der Waals surface area contributed by atoms with Crippen molar-refractivity contribution in [1.29, 1.82) is 0 Å². The first kappa shape index (κ1) is 16.5. The van der Waals surface area contributed by atoms with Gasteiger partial charge in [0.1, 0.15) is 0 Å². The molecule has 4 aliphatic rings. The molecule has 0 aromatic carbocycles. The molecule has 4 aliphatic carbocycles. The lowest BCUT2D eigenvalue weighted by Gasteiger charge is -2.57. The second kappa shape index (κ2) is 6.20. The van der Waals surface area contributed by atoms with E-state index in [-0.39, 0.29) is 17.9 Å². The summed E-state index contributed by atoms with van der Waals surface area (Å²) >= 11 is 7.01. The maximum absolute atomic E-state index is 12.2. The molecule has 138 valence electrons. The van der Waals surface area contributed by atoms with Gasteiger partial charge >= 0.3 is 0 Å². The fourth-order valence-electron chi connectivity index (χ4n) is 5.73. The van der Waals surface area contributed by atoms with E-state index in [1.807, 2.05) is 22.2 Å². The topological polar surface area (TPSA) is 70.5 Å². The van der Waals surface area contributed by atoms with Crippen LogP contribution >= 0.6 is 23.6 Å². The number of carbonyl (C=O) groups excluding carboxylic acids is 1. The van der Waals surface area contributed by atoms with Gasteiger partial charge in [-0.25, -0.2) is 4.98 Å². The third-order valence-electron chi connectivity index (χ3n) is 6.22. The highest BCUT2D eigenvalue weighted by molar-refractivity contribution is 7.80. The summed E-state index contributed by atoms with van der Waals surface area (Å²) in [7, 11) is 0. The Balaban J connectivity index is 1.14. The Morgan fingerprint density at radius 2 is 1.92 bits per heavy atom. The van der Waals surface area contributed by atoms with Crippen molar-refractivity contribution in [2.75, 3.05) is 0 Å². The van der Waals surface area contributed by atoms with Crippen LogP contribution in [0.1, 0.15) is 44.2 Å². The molecule has 2 heterocycles. The number of amides is 1. The molecule has 26 heavy (non-hydrogen) atoms. The normalized spacial score (nSPS) is 31.9. The van der Waals surface area contributed by atoms with Gasteiger partial charge in [0, 0.05) is 23.3 Å². The molecule has 0 atom stereocenters. The molecule has 0 unspecified atom stereocenters. The molecule has 6 rings (SSSR count). The number of thiocarbonyl (C=S) groups is 1. The van der Waals surface area contributed by atoms with E-state index >= 15 is 0 Å². The van der Waals surface area contributed by atoms with E-state index in [9.17, 15) is 4.79 Å². The van der Waals surface area contributed by atoms with Gasteiger partial charge in [-0.05, 0) is 68.5 Å². The second-order valence-corrected chi connectivity index (χ2v) is 9.61. The van der Waals surface area contributed by atoms with Gasteiger partial charge in [-0.2, -0.15) is 0 Å². The zero-order valence-electron chi connectivity index (χ0n) is 14.5. The Labute approximate surface area is 161 Å². The number of nitrogens with zero attached hydrogens (tertiary/aromatic N) is 2. The summed E-state index contributed by atoms with van der Waals surface area (Å²) in [5.41, 5.74) is 6.52. The van der Waals surface area contributed by atoms with Crippen LogP contribution in [0.25, 0.3) is 4.96 Å². The number of aromatic nitrogens is 2. The fourth-order valence-corrected chi connectivity index (χ4v) is 6.72. The van der Waals surface area contributed by atoms with Crippen LogP contribution in [0.2, 0.25) is 0 Å². The molecule has 0 saturated heterocycles. The van der Waals surface area contributed by atoms with Crippen molar-refractivity contribution in [3.8, 4) is 0 Å². The van der Waals surface area contributed by atoms with Gasteiger partial charge in [0.15, 0.2) is 10.1 Å². The van der Waals surface area contributed by atoms with Crippen molar-refractivity contribution in [2.45, 2.75) is 50.5 Å². The largest absolute Gasteiger partial charge is 0.356 e. The maximum atomic E-state index is 12.2. The standard InChI is InChI=1S/C18H23N5OS2/c24-15(6-14-10-23-1-2-26-17(23)19-14)21-22-16(25)20-18-7-11-3-12(8-18)5-13(4-11)9-18/h1-2,10-13H,3-9H2,(H,21,24)(H2,20,22,25). The Morgan fingerprint density at radius 1 is 1.23 bits per heavy atom. The number of imidazole rings is 1. The monoisotopic (exact) mass is 389 g/mol. The van der Waals surface area contributed by atoms with E-state index in [0.717, 1.165) is 28.4 Å². The van der Waals surface area contributed by atoms with E-state index in [1.165, 1.54) is 38.5 Å². The smallest absolute Gasteiger partial charge is 0.244 e. The predicted octanol–water partition coefficient (Wildman–Crippen LogP) is 2.40. The maximum Gasteiger partial charge on any atom is 0.244 e. The molecular formula is C18H23N5OS2. The van der Waals surface area contributed by atoms with Gasteiger partial charge in [-0.3, -0.25) is 20.0 Å². The van der Waals surface area contributed by atoms with Crippen molar-refractivity contribution in [1.82, 2.24) is 25.6 Å². The van der Waals surface area contributed by atoms with Crippen LogP contribution in [0.15, 0.2) is 17.8 Å². The molecule has 3 N–H and O–H groups in total. The number of fused-ring (bicyclic) bond motifs is 1. The third kappa shape index (κ3) is 3.09. The zero-order chi connectivity index (χ0) is 17.7. The minimum Gasteiger partial charge on any atom is -0.356 e. The van der Waals surface area contributed by atoms with Gasteiger partial charge < -0.3 is 5.32 Å². The van der Waals surface area contributed by atoms with Gasteiger partial charge in [0.05, 0.1) is 12.1 Å². The van der Waals surface area contributed by atoms with Crippen LogP contribution in [0.5, 0.6) is 0 Å². The van der Waals surface area contributed by atoms with Gasteiger partial charge in [-0.1, -0.05) is 0 Å². The van der Waals surface area contributed by atoms with E-state index < -0.39 is 0 Å². The summed E-state index contributed by atoms with van der Waals surface area (Å²) in [6.45, 7) is 0. The zero-order valence-corrected chi connectivity index (χ0v) is 16.2. The molecule has 2 aromatic heterocycles. The first-order valence-electron chi connectivity index (χ1n) is 9.35. The third-order valence-corrected chi connectivity index (χ3v) is 7.19. The van der Waals surface area contributed by atoms with Crippen LogP contribution in [0.3, 0.4) is 0 Å². The minimum absolute atomic E-state index is 0.134. The first-order chi connectivity index (χ1) is 12.6. The molecule has 1 amide bonds. The van der Waals surface area contributed by atoms with E-state index in [4.69, 9.17) is 12.2 Å². The lowest BCUT2D eigenvalue weighted by atomic mass is 9.53. The highest BCUT2D eigenvalue weighted by Crippen LogP contribution is 2.55. The molecule has 8 heteroatoms. The molecular weight excluding hydrogens is 366 g/mol. The molecule has 4 bridgehead atoms. The van der Waals surface area contributed by atoms with E-state index in [2.05, 4.69) is 21.2 Å². The van der Waals surface area contributed by atoms with Gasteiger partial charge in [-0.15, -0.1) is 11.3 Å². The van der Waals surface area contributed by atoms with Crippen molar-refractivity contribution >= 4 is 39.5 Å².